The van der Waals surface area contributed by atoms with Gasteiger partial charge in [-0.25, -0.2) is 4.98 Å². The molecular weight excluding hydrogens is 224 g/mol. The van der Waals surface area contributed by atoms with E-state index in [4.69, 9.17) is 9.15 Å². The van der Waals surface area contributed by atoms with E-state index in [1.807, 2.05) is 0 Å². The number of nitro benzene ring substituents is 1. The summed E-state index contributed by atoms with van der Waals surface area (Å²) in [5.41, 5.74) is 0.357. The van der Waals surface area contributed by atoms with Crippen LogP contribution in [0.15, 0.2) is 28.8 Å². The Balaban J connectivity index is 2.61. The molecule has 0 fully saturated rings. The number of benzene rings is 1. The summed E-state index contributed by atoms with van der Waals surface area (Å²) < 4.78 is 10.4. The molecule has 6 nitrogen and oxygen atoms in total. The van der Waals surface area contributed by atoms with Crippen molar-refractivity contribution < 1.29 is 14.1 Å². The Labute approximate surface area is 97.0 Å². The van der Waals surface area contributed by atoms with Crippen LogP contribution in [0.4, 0.5) is 5.69 Å². The van der Waals surface area contributed by atoms with Crippen LogP contribution in [-0.2, 0) is 0 Å². The molecule has 0 atom stereocenters. The number of nitrogens with zero attached hydrogens (tertiary/aromatic N) is 2. The van der Waals surface area contributed by atoms with E-state index < -0.39 is 4.92 Å². The van der Waals surface area contributed by atoms with Crippen LogP contribution >= 0.6 is 0 Å². The molecule has 1 aromatic carbocycles. The molecule has 0 aliphatic rings. The van der Waals surface area contributed by atoms with Crippen LogP contribution in [0.3, 0.4) is 0 Å². The van der Waals surface area contributed by atoms with Gasteiger partial charge < -0.3 is 9.15 Å². The van der Waals surface area contributed by atoms with Gasteiger partial charge in [-0.1, -0.05) is 6.07 Å². The molecule has 0 amide bonds. The van der Waals surface area contributed by atoms with Gasteiger partial charge >= 0.3 is 5.69 Å². The second-order valence-electron chi connectivity index (χ2n) is 3.39. The number of hydrogen-bond donors (Lipinski definition) is 0. The first-order valence-corrected chi connectivity index (χ1v) is 4.87. The number of aromatic nitrogens is 1. The minimum absolute atomic E-state index is 0.110. The van der Waals surface area contributed by atoms with Crippen LogP contribution in [0.25, 0.3) is 11.5 Å². The van der Waals surface area contributed by atoms with Crippen molar-refractivity contribution in [3.05, 3.63) is 40.3 Å². The molecule has 0 aliphatic heterocycles. The van der Waals surface area contributed by atoms with Crippen LogP contribution in [0, 0.1) is 17.0 Å². The maximum atomic E-state index is 10.8. The normalized spacial score (nSPS) is 10.2. The topological polar surface area (TPSA) is 78.4 Å². The first-order valence-electron chi connectivity index (χ1n) is 4.87. The van der Waals surface area contributed by atoms with E-state index >= 15 is 0 Å². The maximum absolute atomic E-state index is 10.8. The molecule has 0 saturated carbocycles. The van der Waals surface area contributed by atoms with Crippen molar-refractivity contribution in [2.45, 2.75) is 6.92 Å². The number of rotatable bonds is 3. The molecule has 0 spiro atoms. The molecule has 0 bridgehead atoms. The van der Waals surface area contributed by atoms with Gasteiger partial charge in [0.2, 0.25) is 11.6 Å². The lowest BCUT2D eigenvalue weighted by Gasteiger charge is -2.05. The number of nitro groups is 1. The van der Waals surface area contributed by atoms with Crippen LogP contribution in [0.1, 0.15) is 5.76 Å². The second-order valence-corrected chi connectivity index (χ2v) is 3.39. The van der Waals surface area contributed by atoms with Crippen molar-refractivity contribution in [2.24, 2.45) is 0 Å². The summed E-state index contributed by atoms with van der Waals surface area (Å²) in [7, 11) is 1.38. The lowest BCUT2D eigenvalue weighted by Crippen LogP contribution is -1.95. The highest BCUT2D eigenvalue weighted by Gasteiger charge is 2.21. The number of oxazole rings is 1. The number of para-hydroxylation sites is 1. The van der Waals surface area contributed by atoms with Gasteiger partial charge in [0.1, 0.15) is 5.76 Å². The molecule has 1 heterocycles. The van der Waals surface area contributed by atoms with E-state index in [0.717, 1.165) is 0 Å². The van der Waals surface area contributed by atoms with Gasteiger partial charge in [-0.15, -0.1) is 0 Å². The molecule has 1 aromatic heterocycles. The fourth-order valence-corrected chi connectivity index (χ4v) is 1.53. The highest BCUT2D eigenvalue weighted by atomic mass is 16.6. The molecule has 88 valence electrons. The minimum atomic E-state index is -0.502. The van der Waals surface area contributed by atoms with E-state index in [2.05, 4.69) is 4.98 Å². The van der Waals surface area contributed by atoms with Crippen molar-refractivity contribution in [3.8, 4) is 17.2 Å². The summed E-state index contributed by atoms with van der Waals surface area (Å²) in [6.07, 6.45) is 1.55. The molecule has 17 heavy (non-hydrogen) atoms. The Hall–Kier alpha value is -2.37. The lowest BCUT2D eigenvalue weighted by molar-refractivity contribution is -0.385. The van der Waals surface area contributed by atoms with Crippen molar-refractivity contribution in [2.75, 3.05) is 7.11 Å². The van der Waals surface area contributed by atoms with Gasteiger partial charge in [-0.2, -0.15) is 0 Å². The van der Waals surface area contributed by atoms with Crippen molar-refractivity contribution >= 4 is 5.69 Å². The summed E-state index contributed by atoms with van der Waals surface area (Å²) in [6.45, 7) is 1.75. The Bertz CT molecular complexity index is 562. The van der Waals surface area contributed by atoms with Crippen LogP contribution in [0.2, 0.25) is 0 Å². The van der Waals surface area contributed by atoms with E-state index in [-0.39, 0.29) is 11.4 Å². The summed E-state index contributed by atoms with van der Waals surface area (Å²) in [5.74, 6) is 1.09. The van der Waals surface area contributed by atoms with E-state index in [1.54, 1.807) is 25.3 Å². The first kappa shape index (κ1) is 11.1. The predicted octanol–water partition coefficient (Wildman–Crippen LogP) is 2.57. The average molecular weight is 234 g/mol. The van der Waals surface area contributed by atoms with E-state index in [0.29, 0.717) is 17.2 Å². The largest absolute Gasteiger partial charge is 0.490 e. The average Bonchev–Trinajstić information content (AvgIpc) is 2.74. The second kappa shape index (κ2) is 4.25. The monoisotopic (exact) mass is 234 g/mol. The molecule has 0 N–H and O–H groups in total. The van der Waals surface area contributed by atoms with Crippen molar-refractivity contribution in [1.82, 2.24) is 4.98 Å². The third-order valence-corrected chi connectivity index (χ3v) is 2.25. The summed E-state index contributed by atoms with van der Waals surface area (Å²) in [6, 6.07) is 4.60. The summed E-state index contributed by atoms with van der Waals surface area (Å²) in [5, 5.41) is 10.8. The van der Waals surface area contributed by atoms with Gasteiger partial charge in [0, 0.05) is 6.07 Å². The van der Waals surface area contributed by atoms with Gasteiger partial charge in [-0.3, -0.25) is 10.1 Å². The molecule has 6 heteroatoms. The Kier molecular flexibility index (Phi) is 2.78. The standard InChI is InChI=1S/C11H10N2O4/c1-7-6-12-11(17-7)8-4-3-5-9(13(14)15)10(8)16-2/h3-6H,1-2H3. The SMILES string of the molecule is COc1c(-c2ncc(C)o2)cccc1[N+](=O)[O-]. The summed E-state index contributed by atoms with van der Waals surface area (Å²) in [4.78, 5) is 14.4. The number of hydrogen-bond acceptors (Lipinski definition) is 5. The summed E-state index contributed by atoms with van der Waals surface area (Å²) >= 11 is 0. The van der Waals surface area contributed by atoms with E-state index in [1.165, 1.54) is 13.2 Å². The smallest absolute Gasteiger partial charge is 0.311 e. The van der Waals surface area contributed by atoms with Gasteiger partial charge in [0.05, 0.1) is 23.8 Å². The molecular formula is C11H10N2O4. The van der Waals surface area contributed by atoms with Gasteiger partial charge in [-0.05, 0) is 13.0 Å². The van der Waals surface area contributed by atoms with Gasteiger partial charge in [0.15, 0.2) is 0 Å². The third kappa shape index (κ3) is 1.96. The molecule has 2 rings (SSSR count). The van der Waals surface area contributed by atoms with Crippen molar-refractivity contribution in [1.29, 1.82) is 0 Å². The third-order valence-electron chi connectivity index (χ3n) is 2.25. The minimum Gasteiger partial charge on any atom is -0.490 e. The zero-order valence-corrected chi connectivity index (χ0v) is 9.34. The fourth-order valence-electron chi connectivity index (χ4n) is 1.53. The van der Waals surface area contributed by atoms with Crippen LogP contribution in [-0.4, -0.2) is 17.0 Å². The molecule has 0 aliphatic carbocycles. The maximum Gasteiger partial charge on any atom is 0.311 e. The van der Waals surface area contributed by atoms with Crippen molar-refractivity contribution in [3.63, 3.8) is 0 Å². The molecule has 0 unspecified atom stereocenters. The van der Waals surface area contributed by atoms with E-state index in [9.17, 15) is 10.1 Å². The zero-order chi connectivity index (χ0) is 12.4. The fraction of sp³-hybridized carbons (Fsp3) is 0.182. The molecule has 0 saturated heterocycles. The quantitative estimate of drug-likeness (QED) is 0.602. The Morgan fingerprint density at radius 2 is 2.24 bits per heavy atom. The predicted molar refractivity (Wildman–Crippen MR) is 59.9 cm³/mol. The van der Waals surface area contributed by atoms with Gasteiger partial charge in [0.25, 0.3) is 0 Å². The highest BCUT2D eigenvalue weighted by Crippen LogP contribution is 2.36. The lowest BCUT2D eigenvalue weighted by atomic mass is 10.1. The molecule has 2 aromatic rings. The number of ether oxygens (including phenoxy) is 1. The highest BCUT2D eigenvalue weighted by molar-refractivity contribution is 5.70. The van der Waals surface area contributed by atoms with Crippen LogP contribution < -0.4 is 4.74 Å². The Morgan fingerprint density at radius 3 is 2.76 bits per heavy atom. The Morgan fingerprint density at radius 1 is 1.47 bits per heavy atom. The first-order chi connectivity index (χ1) is 8.13. The zero-order valence-electron chi connectivity index (χ0n) is 9.34. The number of methoxy groups -OCH3 is 1. The van der Waals surface area contributed by atoms with Crippen LogP contribution in [0.5, 0.6) is 5.75 Å². The number of aryl methyl sites for hydroxylation is 1. The molecule has 0 radical (unpaired) electrons.